The standard InChI is InChI=1S/C31H31ClF3N3O8S/c1-17-6-10-25(45-5)22(12-17)30(37-16-19(39)14-24(37)28(40)36(2)3)21-13-18(32)7-9-23(21)38(29(30)41)47(42,43)27-11-8-20(44-4)15-26(27)46-31(33,34)35/h6-13,15,19,24,39H,14,16H2,1-5H3/t19-,24-,30?/m0/s1/i2D,3D. The first-order valence-corrected chi connectivity index (χ1v) is 15.7. The van der Waals surface area contributed by atoms with Gasteiger partial charge in [0.05, 0.1) is 32.1 Å². The third-order valence-corrected chi connectivity index (χ3v) is 9.98. The van der Waals surface area contributed by atoms with Crippen LogP contribution in [0.2, 0.25) is 5.02 Å². The van der Waals surface area contributed by atoms with Gasteiger partial charge in [0.15, 0.2) is 11.3 Å². The summed E-state index contributed by atoms with van der Waals surface area (Å²) in [5, 5.41) is 11.0. The molecule has 2 aliphatic heterocycles. The number of carbonyl (C=O) groups excluding carboxylic acids is 2. The molecule has 2 heterocycles. The maximum absolute atomic E-state index is 15.3. The van der Waals surface area contributed by atoms with Crippen molar-refractivity contribution in [2.24, 2.45) is 0 Å². The molecule has 16 heteroatoms. The first-order valence-electron chi connectivity index (χ1n) is 15.3. The summed E-state index contributed by atoms with van der Waals surface area (Å²) in [5.41, 5.74) is -2.09. The minimum atomic E-state index is -5.34. The van der Waals surface area contributed by atoms with Crippen molar-refractivity contribution >= 4 is 39.1 Å². The molecule has 0 radical (unpaired) electrons. The highest BCUT2D eigenvalue weighted by molar-refractivity contribution is 7.93. The van der Waals surface area contributed by atoms with Crippen LogP contribution in [0.3, 0.4) is 0 Å². The van der Waals surface area contributed by atoms with Crippen LogP contribution in [0.15, 0.2) is 59.5 Å². The minimum absolute atomic E-state index is 0.0360. The predicted molar refractivity (Wildman–Crippen MR) is 164 cm³/mol. The van der Waals surface area contributed by atoms with E-state index in [1.54, 1.807) is 13.0 Å². The van der Waals surface area contributed by atoms with Gasteiger partial charge in [0.1, 0.15) is 16.4 Å². The summed E-state index contributed by atoms with van der Waals surface area (Å²) in [4.78, 5) is 30.3. The number of ether oxygens (including phenoxy) is 3. The van der Waals surface area contributed by atoms with Gasteiger partial charge in [-0.2, -0.15) is 0 Å². The van der Waals surface area contributed by atoms with E-state index in [0.29, 0.717) is 15.9 Å². The number of aryl methyl sites for hydroxylation is 1. The highest BCUT2D eigenvalue weighted by atomic mass is 35.5. The van der Waals surface area contributed by atoms with Gasteiger partial charge in [0, 0.05) is 45.5 Å². The van der Waals surface area contributed by atoms with E-state index in [-0.39, 0.29) is 46.3 Å². The van der Waals surface area contributed by atoms with Gasteiger partial charge in [0.2, 0.25) is 5.91 Å². The van der Waals surface area contributed by atoms with Gasteiger partial charge in [-0.3, -0.25) is 14.5 Å². The fourth-order valence-corrected chi connectivity index (χ4v) is 7.88. The fourth-order valence-electron chi connectivity index (χ4n) is 6.14. The second-order valence-electron chi connectivity index (χ2n) is 10.9. The molecule has 5 rings (SSSR count). The highest BCUT2D eigenvalue weighted by Gasteiger charge is 2.64. The monoisotopic (exact) mass is 699 g/mol. The third kappa shape index (κ3) is 5.75. The van der Waals surface area contributed by atoms with E-state index in [0.717, 1.165) is 24.1 Å². The topological polar surface area (TPSA) is 126 Å². The van der Waals surface area contributed by atoms with Gasteiger partial charge < -0.3 is 24.2 Å². The highest BCUT2D eigenvalue weighted by Crippen LogP contribution is 2.55. The first-order chi connectivity index (χ1) is 23.0. The molecule has 2 aliphatic rings. The van der Waals surface area contributed by atoms with E-state index in [1.165, 1.54) is 42.3 Å². The number of aliphatic hydroxyl groups excluding tert-OH is 1. The number of hydrogen-bond acceptors (Lipinski definition) is 9. The number of hydrogen-bond donors (Lipinski definition) is 1. The Morgan fingerprint density at radius 2 is 1.79 bits per heavy atom. The van der Waals surface area contributed by atoms with Crippen molar-refractivity contribution in [1.82, 2.24) is 9.80 Å². The number of anilines is 1. The predicted octanol–water partition coefficient (Wildman–Crippen LogP) is 4.07. The Hall–Kier alpha value is -4.05. The normalized spacial score (nSPS) is 22.0. The Kier molecular flexibility index (Phi) is 8.18. The molecule has 2 amide bonds. The summed E-state index contributed by atoms with van der Waals surface area (Å²) in [7, 11) is -4.08. The number of rotatable bonds is 8. The van der Waals surface area contributed by atoms with Crippen LogP contribution in [0.5, 0.6) is 17.2 Å². The summed E-state index contributed by atoms with van der Waals surface area (Å²) in [6.07, 6.45) is -6.84. The maximum atomic E-state index is 15.3. The number of likely N-dealkylation sites (tertiary alicyclic amines) is 1. The van der Waals surface area contributed by atoms with Crippen molar-refractivity contribution in [3.05, 3.63) is 76.3 Å². The van der Waals surface area contributed by atoms with Crippen LogP contribution in [-0.2, 0) is 25.2 Å². The number of methoxy groups -OCH3 is 2. The second-order valence-corrected chi connectivity index (χ2v) is 13.1. The van der Waals surface area contributed by atoms with Crippen LogP contribution >= 0.6 is 11.6 Å². The van der Waals surface area contributed by atoms with Gasteiger partial charge in [0.25, 0.3) is 15.9 Å². The zero-order valence-electron chi connectivity index (χ0n) is 27.2. The third-order valence-electron chi connectivity index (χ3n) is 8.01. The SMILES string of the molecule is [2H]CN(C[2H])C(=O)[C@@H]1C[C@H](O)CN1C1(c2cc(C)ccc2OC)C(=O)N(S(=O)(=O)c2ccc(OC)cc2OC(F)(F)F)c2ccc(Cl)cc21. The Bertz CT molecular complexity index is 1900. The second kappa shape index (κ2) is 12.2. The van der Waals surface area contributed by atoms with Crippen molar-refractivity contribution in [2.75, 3.05) is 39.1 Å². The number of alkyl halides is 3. The van der Waals surface area contributed by atoms with Crippen LogP contribution in [0.4, 0.5) is 18.9 Å². The average molecular weight is 700 g/mol. The number of nitrogens with zero attached hydrogens (tertiary/aromatic N) is 3. The number of likely N-dealkylation sites (N-methyl/N-ethyl adjacent to an activating group) is 1. The zero-order valence-corrected chi connectivity index (χ0v) is 26.8. The Morgan fingerprint density at radius 3 is 2.43 bits per heavy atom. The summed E-state index contributed by atoms with van der Waals surface area (Å²) in [6.45, 7) is 1.30. The molecular formula is C31H31ClF3N3O8S. The van der Waals surface area contributed by atoms with Crippen LogP contribution in [-0.4, -0.2) is 88.5 Å². The molecule has 47 heavy (non-hydrogen) atoms. The van der Waals surface area contributed by atoms with Gasteiger partial charge in [-0.1, -0.05) is 23.2 Å². The molecule has 0 aromatic heterocycles. The lowest BCUT2D eigenvalue weighted by Crippen LogP contribution is -2.59. The van der Waals surface area contributed by atoms with Crippen LogP contribution in [0.1, 0.15) is 25.9 Å². The van der Waals surface area contributed by atoms with Crippen molar-refractivity contribution in [2.45, 2.75) is 42.3 Å². The van der Waals surface area contributed by atoms with Crippen molar-refractivity contribution in [3.8, 4) is 17.2 Å². The molecule has 11 nitrogen and oxygen atoms in total. The van der Waals surface area contributed by atoms with Crippen LogP contribution in [0.25, 0.3) is 0 Å². The van der Waals surface area contributed by atoms with E-state index in [2.05, 4.69) is 4.74 Å². The van der Waals surface area contributed by atoms with Gasteiger partial charge in [-0.25, -0.2) is 12.7 Å². The van der Waals surface area contributed by atoms with Gasteiger partial charge in [-0.15, -0.1) is 13.2 Å². The lowest BCUT2D eigenvalue weighted by atomic mass is 9.80. The number of halogens is 4. The molecule has 252 valence electrons. The molecule has 0 spiro atoms. The molecule has 0 saturated carbocycles. The molecular weight excluding hydrogens is 667 g/mol. The number of fused-ring (bicyclic) bond motifs is 1. The maximum Gasteiger partial charge on any atom is 0.573 e. The molecule has 1 unspecified atom stereocenters. The van der Waals surface area contributed by atoms with E-state index in [4.69, 9.17) is 23.8 Å². The van der Waals surface area contributed by atoms with E-state index in [9.17, 15) is 31.5 Å². The molecule has 0 aliphatic carbocycles. The number of sulfonamides is 1. The van der Waals surface area contributed by atoms with Crippen LogP contribution in [0, 0.1) is 6.92 Å². The first kappa shape index (κ1) is 31.5. The summed E-state index contributed by atoms with van der Waals surface area (Å²) in [5.74, 6) is -3.32. The smallest absolute Gasteiger partial charge is 0.497 e. The van der Waals surface area contributed by atoms with Gasteiger partial charge >= 0.3 is 6.36 Å². The summed E-state index contributed by atoms with van der Waals surface area (Å²) < 4.78 is 101. The fraction of sp³-hybridized carbons (Fsp3) is 0.355. The number of β-amino-alcohol motifs (C(OH)–C–C–N with tert-alkyl or cyclic N) is 1. The van der Waals surface area contributed by atoms with Gasteiger partial charge in [-0.05, 0) is 55.8 Å². The molecule has 3 aromatic rings. The lowest BCUT2D eigenvalue weighted by molar-refractivity contribution is -0.275. The average Bonchev–Trinajstić information content (AvgIpc) is 3.55. The largest absolute Gasteiger partial charge is 0.573 e. The van der Waals surface area contributed by atoms with E-state index >= 15 is 4.79 Å². The zero-order chi connectivity index (χ0) is 36.1. The minimum Gasteiger partial charge on any atom is -0.497 e. The van der Waals surface area contributed by atoms with Crippen molar-refractivity contribution in [3.63, 3.8) is 0 Å². The van der Waals surface area contributed by atoms with Crippen LogP contribution < -0.4 is 18.5 Å². The van der Waals surface area contributed by atoms with E-state index in [1.807, 2.05) is 0 Å². The number of amides is 2. The molecule has 1 fully saturated rings. The summed E-state index contributed by atoms with van der Waals surface area (Å²) in [6, 6.07) is 9.71. The molecule has 3 atom stereocenters. The quantitative estimate of drug-likeness (QED) is 0.371. The Morgan fingerprint density at radius 1 is 1.06 bits per heavy atom. The molecule has 0 bridgehead atoms. The molecule has 1 N–H and O–H groups in total. The van der Waals surface area contributed by atoms with Crippen molar-refractivity contribution in [1.29, 1.82) is 0 Å². The number of aliphatic hydroxyl groups is 1. The molecule has 3 aromatic carbocycles. The van der Waals surface area contributed by atoms with E-state index < -0.39 is 70.6 Å². The van der Waals surface area contributed by atoms with Crippen molar-refractivity contribution < 1.29 is 53.2 Å². The number of carbonyl (C=O) groups is 2. The number of benzene rings is 3. The summed E-state index contributed by atoms with van der Waals surface area (Å²) >= 11 is 6.47. The molecule has 1 saturated heterocycles. The Labute approximate surface area is 276 Å². The lowest BCUT2D eigenvalue weighted by Gasteiger charge is -2.42. The Balaban J connectivity index is 1.87.